The summed E-state index contributed by atoms with van der Waals surface area (Å²) in [7, 11) is 2.09. The molecule has 1 saturated heterocycles. The van der Waals surface area contributed by atoms with Gasteiger partial charge in [0.25, 0.3) is 5.91 Å². The van der Waals surface area contributed by atoms with Crippen molar-refractivity contribution in [3.8, 4) is 0 Å². The molecule has 1 unspecified atom stereocenters. The van der Waals surface area contributed by atoms with Gasteiger partial charge < -0.3 is 14.8 Å². The fourth-order valence-electron chi connectivity index (χ4n) is 4.00. The van der Waals surface area contributed by atoms with Gasteiger partial charge in [-0.25, -0.2) is 0 Å². The van der Waals surface area contributed by atoms with Crippen molar-refractivity contribution >= 4 is 5.91 Å². The topological polar surface area (TPSA) is 38.5 Å². The van der Waals surface area contributed by atoms with Gasteiger partial charge in [0.15, 0.2) is 6.54 Å². The van der Waals surface area contributed by atoms with E-state index in [1.54, 1.807) is 0 Å². The number of amides is 1. The first-order valence-electron chi connectivity index (χ1n) is 9.86. The molecule has 4 heteroatoms. The molecule has 0 saturated carbocycles. The van der Waals surface area contributed by atoms with E-state index in [2.05, 4.69) is 73.4 Å². The predicted molar refractivity (Wildman–Crippen MR) is 105 cm³/mol. The average Bonchev–Trinajstić information content (AvgIpc) is 3.23. The third kappa shape index (κ3) is 4.55. The molecule has 2 heterocycles. The van der Waals surface area contributed by atoms with Crippen molar-refractivity contribution in [3.63, 3.8) is 0 Å². The van der Waals surface area contributed by atoms with Crippen LogP contribution in [0.4, 0.5) is 0 Å². The molecular formula is C22H32N3O+. The van der Waals surface area contributed by atoms with Crippen LogP contribution < -0.4 is 10.2 Å². The van der Waals surface area contributed by atoms with Crippen molar-refractivity contribution in [3.05, 3.63) is 59.4 Å². The molecule has 1 amide bonds. The van der Waals surface area contributed by atoms with Crippen molar-refractivity contribution in [2.45, 2.75) is 45.1 Å². The third-order valence-corrected chi connectivity index (χ3v) is 5.59. The average molecular weight is 355 g/mol. The molecule has 1 fully saturated rings. The highest BCUT2D eigenvalue weighted by atomic mass is 16.2. The van der Waals surface area contributed by atoms with Crippen LogP contribution in [0, 0.1) is 0 Å². The smallest absolute Gasteiger partial charge is 0.275 e. The van der Waals surface area contributed by atoms with E-state index in [4.69, 9.17) is 0 Å². The van der Waals surface area contributed by atoms with Crippen molar-refractivity contribution in [2.24, 2.45) is 7.05 Å². The van der Waals surface area contributed by atoms with Crippen molar-refractivity contribution in [1.29, 1.82) is 0 Å². The summed E-state index contributed by atoms with van der Waals surface area (Å²) in [5, 5.41) is 3.11. The minimum absolute atomic E-state index is 0.167. The van der Waals surface area contributed by atoms with E-state index < -0.39 is 0 Å². The van der Waals surface area contributed by atoms with Gasteiger partial charge in [-0.1, -0.05) is 38.1 Å². The highest BCUT2D eigenvalue weighted by Gasteiger charge is 2.32. The van der Waals surface area contributed by atoms with E-state index in [9.17, 15) is 4.79 Å². The lowest BCUT2D eigenvalue weighted by molar-refractivity contribution is -0.911. The van der Waals surface area contributed by atoms with E-state index in [1.165, 1.54) is 34.6 Å². The van der Waals surface area contributed by atoms with E-state index >= 15 is 0 Å². The molecule has 26 heavy (non-hydrogen) atoms. The molecule has 1 aliphatic heterocycles. The standard InChI is InChI=1S/C22H31N3O/c1-17(2)19-10-8-18(9-11-19)12-13-23-22(26)16-25-15-5-7-21(25)20-6-4-14-24(20)3/h4,6,8-11,14,17,21H,5,7,12-13,15-16H2,1-3H3,(H,23,26)/p+1/t21-/m0/s1. The van der Waals surface area contributed by atoms with Crippen LogP contribution in [0.1, 0.15) is 55.5 Å². The van der Waals surface area contributed by atoms with Crippen LogP contribution in [0.25, 0.3) is 0 Å². The molecule has 140 valence electrons. The summed E-state index contributed by atoms with van der Waals surface area (Å²) in [5.74, 6) is 0.726. The van der Waals surface area contributed by atoms with Gasteiger partial charge in [0.1, 0.15) is 6.04 Å². The van der Waals surface area contributed by atoms with Gasteiger partial charge in [-0.2, -0.15) is 0 Å². The van der Waals surface area contributed by atoms with Gasteiger partial charge in [-0.3, -0.25) is 4.79 Å². The Morgan fingerprint density at radius 1 is 1.27 bits per heavy atom. The Bertz CT molecular complexity index is 717. The highest BCUT2D eigenvalue weighted by Crippen LogP contribution is 2.18. The maximum atomic E-state index is 12.4. The monoisotopic (exact) mass is 354 g/mol. The van der Waals surface area contributed by atoms with Gasteiger partial charge in [-0.05, 0) is 35.6 Å². The number of aromatic nitrogens is 1. The summed E-state index contributed by atoms with van der Waals surface area (Å²) in [6.07, 6.45) is 5.35. The normalized spacial score (nSPS) is 19.8. The number of nitrogens with zero attached hydrogens (tertiary/aromatic N) is 1. The summed E-state index contributed by atoms with van der Waals surface area (Å²) in [5.41, 5.74) is 3.99. The number of aryl methyl sites for hydroxylation is 1. The lowest BCUT2D eigenvalue weighted by atomic mass is 10.0. The molecule has 0 bridgehead atoms. The van der Waals surface area contributed by atoms with Crippen molar-refractivity contribution in [2.75, 3.05) is 19.6 Å². The fraction of sp³-hybridized carbons (Fsp3) is 0.500. The molecule has 2 atom stereocenters. The number of hydrogen-bond donors (Lipinski definition) is 2. The molecule has 0 spiro atoms. The number of carbonyl (C=O) groups is 1. The van der Waals surface area contributed by atoms with E-state index in [0.29, 0.717) is 25.0 Å². The zero-order valence-corrected chi connectivity index (χ0v) is 16.3. The number of hydrogen-bond acceptors (Lipinski definition) is 1. The second-order valence-corrected chi connectivity index (χ2v) is 7.82. The van der Waals surface area contributed by atoms with Crippen LogP contribution in [-0.4, -0.2) is 30.1 Å². The van der Waals surface area contributed by atoms with Crippen LogP contribution in [0.3, 0.4) is 0 Å². The number of carbonyl (C=O) groups excluding carboxylic acids is 1. The lowest BCUT2D eigenvalue weighted by Gasteiger charge is -2.21. The Morgan fingerprint density at radius 3 is 2.69 bits per heavy atom. The van der Waals surface area contributed by atoms with Gasteiger partial charge in [-0.15, -0.1) is 0 Å². The molecule has 2 N–H and O–H groups in total. The second-order valence-electron chi connectivity index (χ2n) is 7.82. The van der Waals surface area contributed by atoms with Crippen LogP contribution in [-0.2, 0) is 18.3 Å². The van der Waals surface area contributed by atoms with Crippen molar-refractivity contribution in [1.82, 2.24) is 9.88 Å². The molecular weight excluding hydrogens is 322 g/mol. The van der Waals surface area contributed by atoms with E-state index in [0.717, 1.165) is 13.0 Å². The Balaban J connectivity index is 1.46. The summed E-state index contributed by atoms with van der Waals surface area (Å²) < 4.78 is 2.19. The molecule has 0 radical (unpaired) electrons. The Kier molecular flexibility index (Phi) is 6.15. The first-order chi connectivity index (χ1) is 12.5. The van der Waals surface area contributed by atoms with E-state index in [-0.39, 0.29) is 5.91 Å². The van der Waals surface area contributed by atoms with Crippen LogP contribution >= 0.6 is 0 Å². The highest BCUT2D eigenvalue weighted by molar-refractivity contribution is 5.76. The number of quaternary nitrogens is 1. The second kappa shape index (κ2) is 8.54. The minimum Gasteiger partial charge on any atom is -0.351 e. The zero-order valence-electron chi connectivity index (χ0n) is 16.3. The molecule has 1 aromatic heterocycles. The quantitative estimate of drug-likeness (QED) is 0.786. The summed E-state index contributed by atoms with van der Waals surface area (Å²) in [6.45, 7) is 6.78. The maximum absolute atomic E-state index is 12.4. The molecule has 3 rings (SSSR count). The van der Waals surface area contributed by atoms with Crippen molar-refractivity contribution < 1.29 is 9.69 Å². The predicted octanol–water partition coefficient (Wildman–Crippen LogP) is 2.23. The Morgan fingerprint density at radius 2 is 2.04 bits per heavy atom. The van der Waals surface area contributed by atoms with E-state index in [1.807, 2.05) is 0 Å². The van der Waals surface area contributed by atoms with Gasteiger partial charge in [0.05, 0.1) is 12.2 Å². The van der Waals surface area contributed by atoms with Crippen LogP contribution in [0.15, 0.2) is 42.6 Å². The van der Waals surface area contributed by atoms with Gasteiger partial charge in [0, 0.05) is 32.6 Å². The van der Waals surface area contributed by atoms with Gasteiger partial charge in [0.2, 0.25) is 0 Å². The molecule has 1 aliphatic rings. The molecule has 0 aliphatic carbocycles. The minimum atomic E-state index is 0.167. The third-order valence-electron chi connectivity index (χ3n) is 5.59. The molecule has 2 aromatic rings. The number of rotatable bonds is 7. The largest absolute Gasteiger partial charge is 0.351 e. The number of benzene rings is 1. The Hall–Kier alpha value is -2.07. The SMILES string of the molecule is CC(C)c1ccc(CCNC(=O)C[NH+]2CCC[C@H]2c2cccn2C)cc1. The molecule has 4 nitrogen and oxygen atoms in total. The maximum Gasteiger partial charge on any atom is 0.275 e. The first kappa shape index (κ1) is 18.7. The number of likely N-dealkylation sites (tertiary alicyclic amines) is 1. The first-order valence-corrected chi connectivity index (χ1v) is 9.86. The summed E-state index contributed by atoms with van der Waals surface area (Å²) >= 11 is 0. The van der Waals surface area contributed by atoms with Gasteiger partial charge >= 0.3 is 0 Å². The van der Waals surface area contributed by atoms with Crippen LogP contribution in [0.5, 0.6) is 0 Å². The summed E-state index contributed by atoms with van der Waals surface area (Å²) in [4.78, 5) is 13.8. The lowest BCUT2D eigenvalue weighted by Crippen LogP contribution is -3.11. The Labute approximate surface area is 157 Å². The summed E-state index contributed by atoms with van der Waals surface area (Å²) in [6, 6.07) is 13.5. The van der Waals surface area contributed by atoms with Crippen LogP contribution in [0.2, 0.25) is 0 Å². The molecule has 1 aromatic carbocycles. The zero-order chi connectivity index (χ0) is 18.5. The number of nitrogens with one attached hydrogen (secondary N) is 2. The fourth-order valence-corrected chi connectivity index (χ4v) is 4.00.